The second-order valence-corrected chi connectivity index (χ2v) is 4.79. The molecule has 0 aliphatic heterocycles. The lowest BCUT2D eigenvalue weighted by Crippen LogP contribution is -2.18. The predicted octanol–water partition coefficient (Wildman–Crippen LogP) is 3.29. The molecule has 0 N–H and O–H groups in total. The standard InChI is InChI=1S/C10H21N/c1-7-10(5,6)11-8-9(2,3)4/h8H,7H2,1-6H3. The molecule has 0 aliphatic rings. The van der Waals surface area contributed by atoms with Gasteiger partial charge in [-0.05, 0) is 25.7 Å². The van der Waals surface area contributed by atoms with E-state index in [1.54, 1.807) is 0 Å². The van der Waals surface area contributed by atoms with Crippen LogP contribution in [0.15, 0.2) is 4.99 Å². The normalized spacial score (nSPS) is 14.4. The van der Waals surface area contributed by atoms with E-state index >= 15 is 0 Å². The van der Waals surface area contributed by atoms with Gasteiger partial charge in [0.1, 0.15) is 0 Å². The molecular weight excluding hydrogens is 134 g/mol. The lowest BCUT2D eigenvalue weighted by atomic mass is 9.97. The smallest absolute Gasteiger partial charge is 0.0545 e. The van der Waals surface area contributed by atoms with Crippen molar-refractivity contribution in [1.82, 2.24) is 0 Å². The summed E-state index contributed by atoms with van der Waals surface area (Å²) in [6, 6.07) is 0. The monoisotopic (exact) mass is 155 g/mol. The maximum absolute atomic E-state index is 4.52. The van der Waals surface area contributed by atoms with E-state index in [9.17, 15) is 0 Å². The van der Waals surface area contributed by atoms with Gasteiger partial charge in [0.25, 0.3) is 0 Å². The third kappa shape index (κ3) is 6.08. The average molecular weight is 155 g/mol. The summed E-state index contributed by atoms with van der Waals surface area (Å²) < 4.78 is 0. The van der Waals surface area contributed by atoms with Crippen molar-refractivity contribution in [1.29, 1.82) is 0 Å². The van der Waals surface area contributed by atoms with Crippen molar-refractivity contribution in [3.8, 4) is 0 Å². The molecule has 0 bridgehead atoms. The molecule has 0 aromatic rings. The van der Waals surface area contributed by atoms with Crippen molar-refractivity contribution in [2.45, 2.75) is 53.5 Å². The zero-order valence-electron chi connectivity index (χ0n) is 8.73. The maximum atomic E-state index is 4.52. The zero-order chi connectivity index (χ0) is 9.12. The molecule has 0 atom stereocenters. The van der Waals surface area contributed by atoms with Gasteiger partial charge in [0, 0.05) is 6.21 Å². The molecule has 1 heteroatoms. The van der Waals surface area contributed by atoms with Gasteiger partial charge in [-0.15, -0.1) is 0 Å². The molecule has 0 amide bonds. The van der Waals surface area contributed by atoms with Crippen LogP contribution in [0.4, 0.5) is 0 Å². The summed E-state index contributed by atoms with van der Waals surface area (Å²) in [6.45, 7) is 13.0. The Hall–Kier alpha value is -0.330. The van der Waals surface area contributed by atoms with Gasteiger partial charge in [0.15, 0.2) is 0 Å². The Kier molecular flexibility index (Phi) is 3.28. The third-order valence-corrected chi connectivity index (χ3v) is 1.67. The Morgan fingerprint density at radius 3 is 1.82 bits per heavy atom. The van der Waals surface area contributed by atoms with E-state index in [4.69, 9.17) is 0 Å². The van der Waals surface area contributed by atoms with E-state index < -0.39 is 0 Å². The van der Waals surface area contributed by atoms with Crippen LogP contribution >= 0.6 is 0 Å². The first-order chi connectivity index (χ1) is 4.77. The van der Waals surface area contributed by atoms with Crippen LogP contribution in [-0.4, -0.2) is 11.8 Å². The quantitative estimate of drug-likeness (QED) is 0.543. The number of aliphatic imine (C=N–C) groups is 1. The Labute approximate surface area is 70.9 Å². The van der Waals surface area contributed by atoms with Gasteiger partial charge in [-0.25, -0.2) is 0 Å². The van der Waals surface area contributed by atoms with Crippen LogP contribution in [0.25, 0.3) is 0 Å². The molecule has 66 valence electrons. The van der Waals surface area contributed by atoms with Crippen molar-refractivity contribution in [3.63, 3.8) is 0 Å². The summed E-state index contributed by atoms with van der Waals surface area (Å²) in [5.41, 5.74) is 0.333. The van der Waals surface area contributed by atoms with Crippen LogP contribution < -0.4 is 0 Å². The first kappa shape index (κ1) is 10.7. The topological polar surface area (TPSA) is 12.4 Å². The van der Waals surface area contributed by atoms with Gasteiger partial charge in [0.05, 0.1) is 5.54 Å². The molecular formula is C10H21N. The summed E-state index contributed by atoms with van der Waals surface area (Å²) in [6.07, 6.45) is 3.15. The average Bonchev–Trinajstić information content (AvgIpc) is 1.83. The van der Waals surface area contributed by atoms with Crippen molar-refractivity contribution < 1.29 is 0 Å². The largest absolute Gasteiger partial charge is 0.291 e. The highest BCUT2D eigenvalue weighted by atomic mass is 14.8. The number of hydrogen-bond donors (Lipinski definition) is 0. The molecule has 0 heterocycles. The highest BCUT2D eigenvalue weighted by molar-refractivity contribution is 5.64. The minimum Gasteiger partial charge on any atom is -0.291 e. The number of hydrogen-bond acceptors (Lipinski definition) is 1. The van der Waals surface area contributed by atoms with Crippen molar-refractivity contribution in [3.05, 3.63) is 0 Å². The van der Waals surface area contributed by atoms with E-state index in [2.05, 4.69) is 52.7 Å². The summed E-state index contributed by atoms with van der Waals surface area (Å²) in [5, 5.41) is 0. The summed E-state index contributed by atoms with van der Waals surface area (Å²) >= 11 is 0. The molecule has 11 heavy (non-hydrogen) atoms. The maximum Gasteiger partial charge on any atom is 0.0545 e. The van der Waals surface area contributed by atoms with Gasteiger partial charge in [-0.3, -0.25) is 4.99 Å². The molecule has 0 fully saturated rings. The minimum atomic E-state index is 0.118. The highest BCUT2D eigenvalue weighted by Crippen LogP contribution is 2.16. The molecule has 0 spiro atoms. The summed E-state index contributed by atoms with van der Waals surface area (Å²) in [4.78, 5) is 4.52. The molecule has 0 saturated carbocycles. The summed E-state index contributed by atoms with van der Waals surface area (Å²) in [5.74, 6) is 0. The van der Waals surface area contributed by atoms with Crippen LogP contribution in [0, 0.1) is 5.41 Å². The van der Waals surface area contributed by atoms with Gasteiger partial charge in [-0.2, -0.15) is 0 Å². The van der Waals surface area contributed by atoms with Crippen molar-refractivity contribution in [2.24, 2.45) is 10.4 Å². The van der Waals surface area contributed by atoms with Gasteiger partial charge >= 0.3 is 0 Å². The van der Waals surface area contributed by atoms with E-state index in [0.717, 1.165) is 6.42 Å². The van der Waals surface area contributed by atoms with E-state index in [1.807, 2.05) is 0 Å². The molecule has 0 saturated heterocycles. The molecule has 0 aliphatic carbocycles. The van der Waals surface area contributed by atoms with Gasteiger partial charge < -0.3 is 0 Å². The lowest BCUT2D eigenvalue weighted by molar-refractivity contribution is 0.494. The fourth-order valence-corrected chi connectivity index (χ4v) is 0.460. The lowest BCUT2D eigenvalue weighted by Gasteiger charge is -2.19. The van der Waals surface area contributed by atoms with Crippen LogP contribution in [-0.2, 0) is 0 Å². The molecule has 0 unspecified atom stereocenters. The van der Waals surface area contributed by atoms with Crippen molar-refractivity contribution in [2.75, 3.05) is 0 Å². The molecule has 0 rings (SSSR count). The third-order valence-electron chi connectivity index (χ3n) is 1.67. The van der Waals surface area contributed by atoms with Gasteiger partial charge in [-0.1, -0.05) is 27.7 Å². The number of nitrogens with zero attached hydrogens (tertiary/aromatic N) is 1. The highest BCUT2D eigenvalue weighted by Gasteiger charge is 2.13. The Morgan fingerprint density at radius 2 is 1.55 bits per heavy atom. The Morgan fingerprint density at radius 1 is 1.09 bits per heavy atom. The van der Waals surface area contributed by atoms with Crippen LogP contribution in [0.3, 0.4) is 0 Å². The molecule has 0 aromatic heterocycles. The van der Waals surface area contributed by atoms with E-state index in [0.29, 0.717) is 0 Å². The van der Waals surface area contributed by atoms with Crippen LogP contribution in [0.1, 0.15) is 48.0 Å². The SMILES string of the molecule is CCC(C)(C)N=CC(C)(C)C. The fourth-order valence-electron chi connectivity index (χ4n) is 0.460. The van der Waals surface area contributed by atoms with Gasteiger partial charge in [0.2, 0.25) is 0 Å². The second kappa shape index (κ2) is 3.38. The predicted molar refractivity (Wildman–Crippen MR) is 52.3 cm³/mol. The van der Waals surface area contributed by atoms with Crippen molar-refractivity contribution >= 4 is 6.21 Å². The van der Waals surface area contributed by atoms with E-state index in [-0.39, 0.29) is 11.0 Å². The Balaban J connectivity index is 4.13. The van der Waals surface area contributed by atoms with Crippen LogP contribution in [0.5, 0.6) is 0 Å². The second-order valence-electron chi connectivity index (χ2n) is 4.79. The minimum absolute atomic E-state index is 0.118. The van der Waals surface area contributed by atoms with E-state index in [1.165, 1.54) is 0 Å². The van der Waals surface area contributed by atoms with Crippen LogP contribution in [0.2, 0.25) is 0 Å². The first-order valence-corrected chi connectivity index (χ1v) is 4.33. The molecule has 1 nitrogen and oxygen atoms in total. The number of rotatable bonds is 2. The Bertz CT molecular complexity index is 137. The zero-order valence-corrected chi connectivity index (χ0v) is 8.73. The molecule has 0 aromatic carbocycles. The summed E-state index contributed by atoms with van der Waals surface area (Å²) in [7, 11) is 0. The molecule has 0 radical (unpaired) electrons. The fraction of sp³-hybridized carbons (Fsp3) is 0.900. The first-order valence-electron chi connectivity index (χ1n) is 4.33.